The van der Waals surface area contributed by atoms with Gasteiger partial charge in [-0.1, -0.05) is 15.9 Å². The number of carbonyl (C=O) groups excluding carboxylic acids is 1. The first-order chi connectivity index (χ1) is 10.0. The van der Waals surface area contributed by atoms with Crippen molar-refractivity contribution in [3.63, 3.8) is 0 Å². The molecule has 108 valence electrons. The summed E-state index contributed by atoms with van der Waals surface area (Å²) < 4.78 is 6.14. The number of hydrogen-bond donors (Lipinski definition) is 2. The van der Waals surface area contributed by atoms with E-state index in [1.807, 2.05) is 12.1 Å². The smallest absolute Gasteiger partial charge is 0.354 e. The van der Waals surface area contributed by atoms with Gasteiger partial charge in [-0.3, -0.25) is 4.79 Å². The summed E-state index contributed by atoms with van der Waals surface area (Å²) in [6, 6.07) is 9.89. The second kappa shape index (κ2) is 6.85. The number of hydrogen-bond acceptors (Lipinski definition) is 4. The van der Waals surface area contributed by atoms with Gasteiger partial charge in [-0.15, -0.1) is 0 Å². The normalized spacial score (nSPS) is 9.95. The number of anilines is 1. The van der Waals surface area contributed by atoms with Crippen molar-refractivity contribution in [1.29, 1.82) is 0 Å². The lowest BCUT2D eigenvalue weighted by molar-refractivity contribution is -0.118. The van der Waals surface area contributed by atoms with Gasteiger partial charge < -0.3 is 15.2 Å². The van der Waals surface area contributed by atoms with E-state index in [1.165, 1.54) is 18.3 Å². The third-order valence-electron chi connectivity index (χ3n) is 2.45. The van der Waals surface area contributed by atoms with Crippen LogP contribution in [-0.4, -0.2) is 28.6 Å². The van der Waals surface area contributed by atoms with Crippen LogP contribution in [0.4, 0.5) is 5.69 Å². The first-order valence-corrected chi connectivity index (χ1v) is 6.71. The standard InChI is InChI=1S/C14H11BrN2O4/c15-9-1-3-10(4-2-9)17-13(18)8-21-11-5-6-12(14(19)20)16-7-11/h1-7H,8H2,(H,17,18)(H,19,20). The Morgan fingerprint density at radius 1 is 1.19 bits per heavy atom. The molecule has 1 aromatic carbocycles. The fourth-order valence-electron chi connectivity index (χ4n) is 1.47. The number of carboxylic acids is 1. The quantitative estimate of drug-likeness (QED) is 0.864. The van der Waals surface area contributed by atoms with Crippen molar-refractivity contribution in [3.8, 4) is 5.75 Å². The van der Waals surface area contributed by atoms with E-state index in [1.54, 1.807) is 12.1 Å². The van der Waals surface area contributed by atoms with Crippen LogP contribution < -0.4 is 10.1 Å². The molecule has 0 bridgehead atoms. The third-order valence-corrected chi connectivity index (χ3v) is 2.98. The second-order valence-electron chi connectivity index (χ2n) is 4.03. The van der Waals surface area contributed by atoms with Gasteiger partial charge in [0.2, 0.25) is 0 Å². The van der Waals surface area contributed by atoms with Crippen LogP contribution in [0.1, 0.15) is 10.5 Å². The largest absolute Gasteiger partial charge is 0.482 e. The zero-order valence-electron chi connectivity index (χ0n) is 10.7. The van der Waals surface area contributed by atoms with Gasteiger partial charge in [0.1, 0.15) is 11.4 Å². The van der Waals surface area contributed by atoms with Crippen LogP contribution >= 0.6 is 15.9 Å². The van der Waals surface area contributed by atoms with Crippen molar-refractivity contribution in [1.82, 2.24) is 4.98 Å². The summed E-state index contributed by atoms with van der Waals surface area (Å²) in [5, 5.41) is 11.4. The number of carbonyl (C=O) groups is 2. The van der Waals surface area contributed by atoms with Crippen LogP contribution in [0.15, 0.2) is 47.1 Å². The van der Waals surface area contributed by atoms with Gasteiger partial charge in [0.25, 0.3) is 5.91 Å². The van der Waals surface area contributed by atoms with Gasteiger partial charge in [0, 0.05) is 10.2 Å². The molecule has 1 heterocycles. The van der Waals surface area contributed by atoms with E-state index in [0.717, 1.165) is 4.47 Å². The van der Waals surface area contributed by atoms with Crippen LogP contribution in [0.2, 0.25) is 0 Å². The Labute approximate surface area is 128 Å². The van der Waals surface area contributed by atoms with Gasteiger partial charge in [0.05, 0.1) is 6.20 Å². The fourth-order valence-corrected chi connectivity index (χ4v) is 1.74. The van der Waals surface area contributed by atoms with Gasteiger partial charge in [0.15, 0.2) is 6.61 Å². The van der Waals surface area contributed by atoms with Crippen molar-refractivity contribution < 1.29 is 19.4 Å². The zero-order valence-corrected chi connectivity index (χ0v) is 12.3. The lowest BCUT2D eigenvalue weighted by Gasteiger charge is -2.07. The van der Waals surface area contributed by atoms with Crippen LogP contribution in [0.5, 0.6) is 5.75 Å². The van der Waals surface area contributed by atoms with Crippen molar-refractivity contribution in [2.24, 2.45) is 0 Å². The molecular formula is C14H11BrN2O4. The molecule has 0 aliphatic rings. The maximum atomic E-state index is 11.7. The molecule has 2 rings (SSSR count). The topological polar surface area (TPSA) is 88.5 Å². The minimum absolute atomic E-state index is 0.0818. The number of ether oxygens (including phenoxy) is 1. The molecule has 0 radical (unpaired) electrons. The second-order valence-corrected chi connectivity index (χ2v) is 4.94. The summed E-state index contributed by atoms with van der Waals surface area (Å²) in [7, 11) is 0. The molecule has 2 aromatic rings. The van der Waals surface area contributed by atoms with E-state index in [9.17, 15) is 9.59 Å². The van der Waals surface area contributed by atoms with E-state index >= 15 is 0 Å². The number of nitrogens with zero attached hydrogens (tertiary/aromatic N) is 1. The van der Waals surface area contributed by atoms with Crippen molar-refractivity contribution >= 4 is 33.5 Å². The summed E-state index contributed by atoms with van der Waals surface area (Å²) in [5.74, 6) is -1.11. The van der Waals surface area contributed by atoms with E-state index in [4.69, 9.17) is 9.84 Å². The number of rotatable bonds is 5. The third kappa shape index (κ3) is 4.57. The molecule has 21 heavy (non-hydrogen) atoms. The molecule has 6 nitrogen and oxygen atoms in total. The lowest BCUT2D eigenvalue weighted by atomic mass is 10.3. The Bertz CT molecular complexity index is 641. The monoisotopic (exact) mass is 350 g/mol. The average molecular weight is 351 g/mol. The molecule has 0 spiro atoms. The number of pyridine rings is 1. The first-order valence-electron chi connectivity index (χ1n) is 5.92. The Morgan fingerprint density at radius 3 is 2.48 bits per heavy atom. The SMILES string of the molecule is O=C(COc1ccc(C(=O)O)nc1)Nc1ccc(Br)cc1. The minimum Gasteiger partial charge on any atom is -0.482 e. The summed E-state index contributed by atoms with van der Waals surface area (Å²) >= 11 is 3.30. The number of benzene rings is 1. The Hall–Kier alpha value is -2.41. The summed E-state index contributed by atoms with van der Waals surface area (Å²) in [6.07, 6.45) is 1.26. The highest BCUT2D eigenvalue weighted by Gasteiger charge is 2.06. The van der Waals surface area contributed by atoms with Crippen LogP contribution in [0.25, 0.3) is 0 Å². The molecule has 1 aromatic heterocycles. The number of carboxylic acid groups (broad SMARTS) is 1. The molecule has 0 saturated carbocycles. The maximum absolute atomic E-state index is 11.7. The van der Waals surface area contributed by atoms with Crippen molar-refractivity contribution in [2.75, 3.05) is 11.9 Å². The molecule has 0 aliphatic carbocycles. The minimum atomic E-state index is -1.12. The van der Waals surface area contributed by atoms with Crippen molar-refractivity contribution in [3.05, 3.63) is 52.8 Å². The summed E-state index contributed by atoms with van der Waals surface area (Å²) in [6.45, 7) is -0.190. The number of halogens is 1. The van der Waals surface area contributed by atoms with Gasteiger partial charge in [-0.05, 0) is 36.4 Å². The highest BCUT2D eigenvalue weighted by atomic mass is 79.9. The predicted molar refractivity (Wildman–Crippen MR) is 79.5 cm³/mol. The van der Waals surface area contributed by atoms with E-state index < -0.39 is 5.97 Å². The summed E-state index contributed by atoms with van der Waals surface area (Å²) in [4.78, 5) is 26.0. The fraction of sp³-hybridized carbons (Fsp3) is 0.0714. The molecule has 1 amide bonds. The molecule has 0 saturated heterocycles. The van der Waals surface area contributed by atoms with Crippen LogP contribution in [-0.2, 0) is 4.79 Å². The number of aromatic nitrogens is 1. The van der Waals surface area contributed by atoms with Gasteiger partial charge >= 0.3 is 5.97 Å². The molecule has 0 unspecified atom stereocenters. The maximum Gasteiger partial charge on any atom is 0.354 e. The first kappa shape index (κ1) is 15.0. The number of amides is 1. The lowest BCUT2D eigenvalue weighted by Crippen LogP contribution is -2.20. The number of aromatic carboxylic acids is 1. The van der Waals surface area contributed by atoms with Gasteiger partial charge in [-0.2, -0.15) is 0 Å². The molecule has 2 N–H and O–H groups in total. The highest BCUT2D eigenvalue weighted by Crippen LogP contribution is 2.14. The highest BCUT2D eigenvalue weighted by molar-refractivity contribution is 9.10. The Balaban J connectivity index is 1.86. The van der Waals surface area contributed by atoms with E-state index in [2.05, 4.69) is 26.2 Å². The molecular weight excluding hydrogens is 340 g/mol. The van der Waals surface area contributed by atoms with E-state index in [-0.39, 0.29) is 18.2 Å². The zero-order chi connectivity index (χ0) is 15.2. The van der Waals surface area contributed by atoms with Crippen LogP contribution in [0, 0.1) is 0 Å². The predicted octanol–water partition coefficient (Wildman–Crippen LogP) is 2.56. The Kier molecular flexibility index (Phi) is 4.89. The van der Waals surface area contributed by atoms with Crippen LogP contribution in [0.3, 0.4) is 0 Å². The molecule has 0 atom stereocenters. The van der Waals surface area contributed by atoms with Gasteiger partial charge in [-0.25, -0.2) is 9.78 Å². The van der Waals surface area contributed by atoms with E-state index in [0.29, 0.717) is 11.4 Å². The van der Waals surface area contributed by atoms with Crippen molar-refractivity contribution in [2.45, 2.75) is 0 Å². The Morgan fingerprint density at radius 2 is 1.90 bits per heavy atom. The molecule has 0 aliphatic heterocycles. The summed E-state index contributed by atoms with van der Waals surface area (Å²) in [5.41, 5.74) is 0.577. The molecule has 7 heteroatoms. The average Bonchev–Trinajstić information content (AvgIpc) is 2.48. The number of nitrogens with one attached hydrogen (secondary N) is 1. The molecule has 0 fully saturated rings.